The van der Waals surface area contributed by atoms with E-state index in [1.54, 1.807) is 0 Å². The maximum absolute atomic E-state index is 11.3. The fourth-order valence-electron chi connectivity index (χ4n) is 1.29. The van der Waals surface area contributed by atoms with Gasteiger partial charge in [0.15, 0.2) is 0 Å². The predicted octanol–water partition coefficient (Wildman–Crippen LogP) is 0.693. The fraction of sp³-hybridized carbons (Fsp3) is 0.273. The second-order valence-corrected chi connectivity index (χ2v) is 3.80. The van der Waals surface area contributed by atoms with Crippen LogP contribution in [0.2, 0.25) is 0 Å². The maximum Gasteiger partial charge on any atom is 0.269 e. The lowest BCUT2D eigenvalue weighted by molar-refractivity contribution is -0.384. The molecule has 0 unspecified atom stereocenters. The number of hydrogen-bond acceptors (Lipinski definition) is 5. The number of rotatable bonds is 7. The van der Waals surface area contributed by atoms with Crippen molar-refractivity contribution in [3.63, 3.8) is 0 Å². The Kier molecular flexibility index (Phi) is 5.27. The van der Waals surface area contributed by atoms with Crippen LogP contribution < -0.4 is 16.6 Å². The quantitative estimate of drug-likeness (QED) is 0.494. The summed E-state index contributed by atoms with van der Waals surface area (Å²) < 4.78 is 0. The molecule has 0 aromatic heterocycles. The van der Waals surface area contributed by atoms with E-state index < -0.39 is 10.8 Å². The molecule has 0 saturated carbocycles. The summed E-state index contributed by atoms with van der Waals surface area (Å²) in [5.74, 6) is -0.740. The molecular formula is C11H14N4O4. The Morgan fingerprint density at radius 2 is 1.84 bits per heavy atom. The van der Waals surface area contributed by atoms with Crippen molar-refractivity contribution in [2.24, 2.45) is 5.73 Å². The van der Waals surface area contributed by atoms with Crippen LogP contribution in [0.1, 0.15) is 19.3 Å². The van der Waals surface area contributed by atoms with Crippen molar-refractivity contribution in [1.82, 2.24) is 5.43 Å². The van der Waals surface area contributed by atoms with Crippen LogP contribution in [-0.2, 0) is 9.59 Å². The van der Waals surface area contributed by atoms with Crippen molar-refractivity contribution in [3.8, 4) is 0 Å². The number of carbonyl (C=O) groups excluding carboxylic acids is 2. The molecule has 0 aliphatic heterocycles. The van der Waals surface area contributed by atoms with Crippen LogP contribution in [-0.4, -0.2) is 16.7 Å². The molecule has 0 radical (unpaired) electrons. The van der Waals surface area contributed by atoms with Crippen molar-refractivity contribution in [2.45, 2.75) is 19.3 Å². The van der Waals surface area contributed by atoms with Gasteiger partial charge in [-0.1, -0.05) is 0 Å². The van der Waals surface area contributed by atoms with Gasteiger partial charge in [0.2, 0.25) is 11.8 Å². The number of anilines is 1. The molecule has 1 aromatic carbocycles. The van der Waals surface area contributed by atoms with E-state index >= 15 is 0 Å². The number of non-ortho nitro benzene ring substituents is 1. The zero-order valence-electron chi connectivity index (χ0n) is 10.1. The van der Waals surface area contributed by atoms with E-state index in [9.17, 15) is 19.7 Å². The van der Waals surface area contributed by atoms with Gasteiger partial charge in [0, 0.05) is 25.0 Å². The number of nitrogens with two attached hydrogens (primary N) is 1. The molecule has 19 heavy (non-hydrogen) atoms. The van der Waals surface area contributed by atoms with Crippen molar-refractivity contribution >= 4 is 23.2 Å². The second kappa shape index (κ2) is 6.94. The third-order valence-corrected chi connectivity index (χ3v) is 2.25. The van der Waals surface area contributed by atoms with Gasteiger partial charge in [0.05, 0.1) is 10.6 Å². The van der Waals surface area contributed by atoms with Gasteiger partial charge in [-0.15, -0.1) is 0 Å². The van der Waals surface area contributed by atoms with Crippen LogP contribution >= 0.6 is 0 Å². The minimum Gasteiger partial charge on any atom is -0.370 e. The largest absolute Gasteiger partial charge is 0.370 e. The van der Waals surface area contributed by atoms with E-state index in [1.807, 2.05) is 0 Å². The fourth-order valence-corrected chi connectivity index (χ4v) is 1.29. The van der Waals surface area contributed by atoms with E-state index in [0.717, 1.165) is 0 Å². The van der Waals surface area contributed by atoms with E-state index in [0.29, 0.717) is 12.1 Å². The molecule has 0 bridgehead atoms. The number of hydrazine groups is 1. The summed E-state index contributed by atoms with van der Waals surface area (Å²) in [5.41, 5.74) is 10.5. The molecule has 0 aliphatic rings. The highest BCUT2D eigenvalue weighted by Gasteiger charge is 2.05. The Labute approximate surface area is 109 Å². The average Bonchev–Trinajstić information content (AvgIpc) is 2.36. The number of nitro benzene ring substituents is 1. The lowest BCUT2D eigenvalue weighted by atomic mass is 10.2. The van der Waals surface area contributed by atoms with Gasteiger partial charge in [0.25, 0.3) is 5.69 Å². The Balaban J connectivity index is 2.33. The minimum absolute atomic E-state index is 0.0293. The summed E-state index contributed by atoms with van der Waals surface area (Å²) in [5, 5.41) is 10.4. The summed E-state index contributed by atoms with van der Waals surface area (Å²) in [6.07, 6.45) is 0.705. The van der Waals surface area contributed by atoms with Crippen molar-refractivity contribution in [3.05, 3.63) is 34.4 Å². The minimum atomic E-state index is -0.508. The van der Waals surface area contributed by atoms with Crippen molar-refractivity contribution in [1.29, 1.82) is 0 Å². The lowest BCUT2D eigenvalue weighted by Gasteiger charge is -2.07. The summed E-state index contributed by atoms with van der Waals surface area (Å²) in [6.45, 7) is 0. The Hall–Kier alpha value is -2.64. The summed E-state index contributed by atoms with van der Waals surface area (Å²) >= 11 is 0. The maximum atomic E-state index is 11.3. The van der Waals surface area contributed by atoms with E-state index in [-0.39, 0.29) is 24.4 Å². The molecule has 8 heteroatoms. The monoisotopic (exact) mass is 266 g/mol. The molecule has 1 aromatic rings. The topological polar surface area (TPSA) is 127 Å². The first kappa shape index (κ1) is 14.4. The van der Waals surface area contributed by atoms with Crippen LogP contribution in [0.15, 0.2) is 24.3 Å². The van der Waals surface area contributed by atoms with Crippen LogP contribution in [0.3, 0.4) is 0 Å². The number of benzene rings is 1. The molecule has 1 rings (SSSR count). The van der Waals surface area contributed by atoms with Crippen molar-refractivity contribution in [2.75, 3.05) is 5.43 Å². The van der Waals surface area contributed by atoms with Crippen molar-refractivity contribution < 1.29 is 14.5 Å². The number of nitrogens with one attached hydrogen (secondary N) is 2. The summed E-state index contributed by atoms with van der Waals surface area (Å²) in [4.78, 5) is 31.7. The Morgan fingerprint density at radius 1 is 1.21 bits per heavy atom. The third-order valence-electron chi connectivity index (χ3n) is 2.25. The van der Waals surface area contributed by atoms with Crippen LogP contribution in [0.4, 0.5) is 11.4 Å². The average molecular weight is 266 g/mol. The third kappa shape index (κ3) is 5.48. The summed E-state index contributed by atoms with van der Waals surface area (Å²) in [6, 6.07) is 5.59. The van der Waals surface area contributed by atoms with E-state index in [4.69, 9.17) is 5.73 Å². The molecule has 102 valence electrons. The number of primary amides is 1. The number of amides is 2. The molecule has 0 atom stereocenters. The van der Waals surface area contributed by atoms with Gasteiger partial charge in [0.1, 0.15) is 0 Å². The molecular weight excluding hydrogens is 252 g/mol. The standard InChI is InChI=1S/C11H14N4O4/c12-10(16)2-1-3-11(17)14-13-8-4-6-9(7-5-8)15(18)19/h4-7,13H,1-3H2,(H2,12,16)(H,14,17). The van der Waals surface area contributed by atoms with Gasteiger partial charge in [-0.05, 0) is 18.6 Å². The van der Waals surface area contributed by atoms with Gasteiger partial charge in [-0.2, -0.15) is 0 Å². The molecule has 0 saturated heterocycles. The van der Waals surface area contributed by atoms with Gasteiger partial charge >= 0.3 is 0 Å². The summed E-state index contributed by atoms with van der Waals surface area (Å²) in [7, 11) is 0. The highest BCUT2D eigenvalue weighted by atomic mass is 16.6. The van der Waals surface area contributed by atoms with Gasteiger partial charge in [-0.25, -0.2) is 0 Å². The molecule has 0 fully saturated rings. The van der Waals surface area contributed by atoms with E-state index in [2.05, 4.69) is 10.9 Å². The molecule has 0 aliphatic carbocycles. The lowest BCUT2D eigenvalue weighted by Crippen LogP contribution is -2.29. The molecule has 4 N–H and O–H groups in total. The SMILES string of the molecule is NC(=O)CCCC(=O)NNc1ccc([N+](=O)[O-])cc1. The first-order valence-electron chi connectivity index (χ1n) is 5.56. The smallest absolute Gasteiger partial charge is 0.269 e. The highest BCUT2D eigenvalue weighted by molar-refractivity contribution is 5.79. The van der Waals surface area contributed by atoms with Gasteiger partial charge in [-0.3, -0.25) is 30.6 Å². The van der Waals surface area contributed by atoms with Crippen LogP contribution in [0.5, 0.6) is 0 Å². The molecule has 2 amide bonds. The number of hydrogen-bond donors (Lipinski definition) is 3. The zero-order chi connectivity index (χ0) is 14.3. The molecule has 0 heterocycles. The van der Waals surface area contributed by atoms with Crippen LogP contribution in [0, 0.1) is 10.1 Å². The highest BCUT2D eigenvalue weighted by Crippen LogP contribution is 2.14. The first-order valence-corrected chi connectivity index (χ1v) is 5.56. The molecule has 8 nitrogen and oxygen atoms in total. The Morgan fingerprint density at radius 3 is 2.37 bits per heavy atom. The normalized spacial score (nSPS) is 9.68. The number of carbonyl (C=O) groups is 2. The predicted molar refractivity (Wildman–Crippen MR) is 67.9 cm³/mol. The number of nitro groups is 1. The van der Waals surface area contributed by atoms with E-state index in [1.165, 1.54) is 24.3 Å². The second-order valence-electron chi connectivity index (χ2n) is 3.80. The van der Waals surface area contributed by atoms with Crippen LogP contribution in [0.25, 0.3) is 0 Å². The first-order chi connectivity index (χ1) is 8.99. The zero-order valence-corrected chi connectivity index (χ0v) is 10.1. The Bertz CT molecular complexity index is 472. The van der Waals surface area contributed by atoms with Gasteiger partial charge < -0.3 is 5.73 Å². The molecule has 0 spiro atoms. The number of nitrogens with zero attached hydrogens (tertiary/aromatic N) is 1.